The molecule has 0 aromatic carbocycles. The Balaban J connectivity index is 2.49. The van der Waals surface area contributed by atoms with Crippen molar-refractivity contribution >= 4 is 28.3 Å². The molecule has 1 aromatic rings. The number of aromatic nitrogens is 1. The maximum Gasteiger partial charge on any atom is 0.347 e. The summed E-state index contributed by atoms with van der Waals surface area (Å²) < 4.78 is 0. The fourth-order valence-corrected chi connectivity index (χ4v) is 1.94. The van der Waals surface area contributed by atoms with Crippen molar-refractivity contribution < 1.29 is 14.7 Å². The number of likely N-dealkylation sites (N-methyl/N-ethyl adjacent to an activating group) is 1. The van der Waals surface area contributed by atoms with Gasteiger partial charge in [0.25, 0.3) is 0 Å². The summed E-state index contributed by atoms with van der Waals surface area (Å²) in [7, 11) is 0. The van der Waals surface area contributed by atoms with E-state index in [0.717, 1.165) is 11.3 Å². The number of hydrogen-bond acceptors (Lipinski definition) is 5. The Morgan fingerprint density at radius 2 is 2.12 bits per heavy atom. The number of nitrogens with zero attached hydrogens (tertiary/aromatic N) is 2. The molecule has 0 aliphatic carbocycles. The zero-order valence-corrected chi connectivity index (χ0v) is 10.6. The SMILES string of the molecule is CCN(CC)C(=O)CNc1ncc(C(=O)O)s1. The van der Waals surface area contributed by atoms with Crippen LogP contribution in [0.1, 0.15) is 23.5 Å². The van der Waals surface area contributed by atoms with Crippen LogP contribution in [0.3, 0.4) is 0 Å². The maximum atomic E-state index is 11.6. The number of amides is 1. The van der Waals surface area contributed by atoms with Gasteiger partial charge in [-0.1, -0.05) is 11.3 Å². The molecule has 2 N–H and O–H groups in total. The van der Waals surface area contributed by atoms with Gasteiger partial charge in [-0.15, -0.1) is 0 Å². The summed E-state index contributed by atoms with van der Waals surface area (Å²) in [5, 5.41) is 12.0. The van der Waals surface area contributed by atoms with E-state index in [1.165, 1.54) is 6.20 Å². The second kappa shape index (κ2) is 6.19. The largest absolute Gasteiger partial charge is 0.477 e. The quantitative estimate of drug-likeness (QED) is 0.798. The average Bonchev–Trinajstić information content (AvgIpc) is 2.76. The molecule has 0 saturated carbocycles. The number of rotatable bonds is 6. The molecule has 7 heteroatoms. The molecular formula is C10H15N3O3S. The Kier molecular flexibility index (Phi) is 4.89. The molecule has 1 rings (SSSR count). The molecule has 6 nitrogen and oxygen atoms in total. The van der Waals surface area contributed by atoms with Crippen LogP contribution in [0.25, 0.3) is 0 Å². The minimum absolute atomic E-state index is 0.0259. The first-order valence-electron chi connectivity index (χ1n) is 5.29. The topological polar surface area (TPSA) is 82.5 Å². The van der Waals surface area contributed by atoms with E-state index in [2.05, 4.69) is 10.3 Å². The van der Waals surface area contributed by atoms with Gasteiger partial charge in [-0.05, 0) is 13.8 Å². The lowest BCUT2D eigenvalue weighted by Gasteiger charge is -2.18. The zero-order valence-electron chi connectivity index (χ0n) is 9.77. The number of carboxylic acids is 1. The first-order valence-corrected chi connectivity index (χ1v) is 6.10. The molecule has 0 aliphatic rings. The number of aromatic carboxylic acids is 1. The van der Waals surface area contributed by atoms with Crippen LogP contribution in [-0.2, 0) is 4.79 Å². The van der Waals surface area contributed by atoms with Crippen LogP contribution in [0.5, 0.6) is 0 Å². The number of carbonyl (C=O) groups excluding carboxylic acids is 1. The number of thiazole rings is 1. The van der Waals surface area contributed by atoms with Crippen LogP contribution >= 0.6 is 11.3 Å². The highest BCUT2D eigenvalue weighted by molar-refractivity contribution is 7.17. The Morgan fingerprint density at radius 1 is 1.47 bits per heavy atom. The summed E-state index contributed by atoms with van der Waals surface area (Å²) in [6.07, 6.45) is 1.28. The van der Waals surface area contributed by atoms with Crippen LogP contribution in [0.2, 0.25) is 0 Å². The summed E-state index contributed by atoms with van der Waals surface area (Å²) in [6, 6.07) is 0. The average molecular weight is 257 g/mol. The fraction of sp³-hybridized carbons (Fsp3) is 0.500. The minimum atomic E-state index is -1.01. The van der Waals surface area contributed by atoms with E-state index in [-0.39, 0.29) is 17.3 Å². The van der Waals surface area contributed by atoms with Gasteiger partial charge < -0.3 is 15.3 Å². The van der Waals surface area contributed by atoms with E-state index in [4.69, 9.17) is 5.11 Å². The van der Waals surface area contributed by atoms with Crippen LogP contribution in [0.4, 0.5) is 5.13 Å². The molecular weight excluding hydrogens is 242 g/mol. The second-order valence-electron chi connectivity index (χ2n) is 3.25. The summed E-state index contributed by atoms with van der Waals surface area (Å²) in [5.74, 6) is -1.03. The van der Waals surface area contributed by atoms with Gasteiger partial charge in [-0.25, -0.2) is 9.78 Å². The Hall–Kier alpha value is -1.63. The van der Waals surface area contributed by atoms with E-state index in [1.807, 2.05) is 13.8 Å². The fourth-order valence-electron chi connectivity index (χ4n) is 1.29. The monoisotopic (exact) mass is 257 g/mol. The maximum absolute atomic E-state index is 11.6. The van der Waals surface area contributed by atoms with Gasteiger partial charge in [0.1, 0.15) is 4.88 Å². The van der Waals surface area contributed by atoms with Gasteiger partial charge in [0.2, 0.25) is 5.91 Å². The molecule has 1 amide bonds. The summed E-state index contributed by atoms with van der Waals surface area (Å²) in [6.45, 7) is 5.28. The molecule has 17 heavy (non-hydrogen) atoms. The van der Waals surface area contributed by atoms with Gasteiger partial charge >= 0.3 is 5.97 Å². The smallest absolute Gasteiger partial charge is 0.347 e. The van der Waals surface area contributed by atoms with Crippen molar-refractivity contribution in [2.45, 2.75) is 13.8 Å². The van der Waals surface area contributed by atoms with E-state index in [9.17, 15) is 9.59 Å². The van der Waals surface area contributed by atoms with Gasteiger partial charge in [-0.2, -0.15) is 0 Å². The molecule has 0 bridgehead atoms. The standard InChI is InChI=1S/C10H15N3O3S/c1-3-13(4-2)8(14)6-12-10-11-5-7(17-10)9(15)16/h5H,3-4,6H2,1-2H3,(H,11,12)(H,15,16). The number of carbonyl (C=O) groups is 2. The van der Waals surface area contributed by atoms with Crippen molar-refractivity contribution in [1.29, 1.82) is 0 Å². The van der Waals surface area contributed by atoms with E-state index in [0.29, 0.717) is 18.2 Å². The van der Waals surface area contributed by atoms with Crippen LogP contribution in [-0.4, -0.2) is 46.5 Å². The third kappa shape index (κ3) is 3.70. The highest BCUT2D eigenvalue weighted by Gasteiger charge is 2.11. The molecule has 0 atom stereocenters. The molecule has 0 fully saturated rings. The van der Waals surface area contributed by atoms with Crippen LogP contribution in [0, 0.1) is 0 Å². The third-order valence-electron chi connectivity index (χ3n) is 2.22. The molecule has 1 heterocycles. The van der Waals surface area contributed by atoms with Gasteiger partial charge in [0.05, 0.1) is 12.7 Å². The van der Waals surface area contributed by atoms with Gasteiger partial charge in [0, 0.05) is 13.1 Å². The van der Waals surface area contributed by atoms with Crippen molar-refractivity contribution in [2.75, 3.05) is 25.0 Å². The van der Waals surface area contributed by atoms with E-state index in [1.54, 1.807) is 4.90 Å². The molecule has 0 unspecified atom stereocenters. The summed E-state index contributed by atoms with van der Waals surface area (Å²) in [4.78, 5) is 28.0. The number of nitrogens with one attached hydrogen (secondary N) is 1. The van der Waals surface area contributed by atoms with Crippen molar-refractivity contribution in [1.82, 2.24) is 9.88 Å². The third-order valence-corrected chi connectivity index (χ3v) is 3.17. The first-order chi connectivity index (χ1) is 8.08. The molecule has 1 aromatic heterocycles. The van der Waals surface area contributed by atoms with Crippen molar-refractivity contribution in [3.63, 3.8) is 0 Å². The van der Waals surface area contributed by atoms with E-state index >= 15 is 0 Å². The number of carboxylic acid groups (broad SMARTS) is 1. The normalized spacial score (nSPS) is 10.0. The Labute approximate surface area is 103 Å². The van der Waals surface area contributed by atoms with Gasteiger partial charge in [0.15, 0.2) is 5.13 Å². The van der Waals surface area contributed by atoms with E-state index < -0.39 is 5.97 Å². The first kappa shape index (κ1) is 13.4. The molecule has 0 radical (unpaired) electrons. The van der Waals surface area contributed by atoms with Crippen molar-refractivity contribution in [3.8, 4) is 0 Å². The molecule has 0 spiro atoms. The molecule has 94 valence electrons. The predicted molar refractivity (Wildman–Crippen MR) is 65.5 cm³/mol. The van der Waals surface area contributed by atoms with Crippen molar-refractivity contribution in [3.05, 3.63) is 11.1 Å². The molecule has 0 saturated heterocycles. The molecule has 0 aliphatic heterocycles. The second-order valence-corrected chi connectivity index (χ2v) is 4.29. The number of anilines is 1. The lowest BCUT2D eigenvalue weighted by molar-refractivity contribution is -0.128. The predicted octanol–water partition coefficient (Wildman–Crippen LogP) is 1.12. The summed E-state index contributed by atoms with van der Waals surface area (Å²) in [5.41, 5.74) is 0. The summed E-state index contributed by atoms with van der Waals surface area (Å²) >= 11 is 1.02. The number of hydrogen-bond donors (Lipinski definition) is 2. The lowest BCUT2D eigenvalue weighted by Crippen LogP contribution is -2.35. The van der Waals surface area contributed by atoms with Crippen LogP contribution < -0.4 is 5.32 Å². The minimum Gasteiger partial charge on any atom is -0.477 e. The highest BCUT2D eigenvalue weighted by atomic mass is 32.1. The highest BCUT2D eigenvalue weighted by Crippen LogP contribution is 2.17. The Bertz CT molecular complexity index is 401. The van der Waals surface area contributed by atoms with Gasteiger partial charge in [-0.3, -0.25) is 4.79 Å². The van der Waals surface area contributed by atoms with Crippen LogP contribution in [0.15, 0.2) is 6.20 Å². The van der Waals surface area contributed by atoms with Crippen molar-refractivity contribution in [2.24, 2.45) is 0 Å². The Morgan fingerprint density at radius 3 is 2.59 bits per heavy atom. The lowest BCUT2D eigenvalue weighted by atomic mass is 10.4. The zero-order chi connectivity index (χ0) is 12.8.